The zero-order valence-electron chi connectivity index (χ0n) is 10.6. The highest BCUT2D eigenvalue weighted by molar-refractivity contribution is 9.10. The summed E-state index contributed by atoms with van der Waals surface area (Å²) in [7, 11) is -4.39. The van der Waals surface area contributed by atoms with Crippen LogP contribution < -0.4 is 0 Å². The average Bonchev–Trinajstić information content (AvgIpc) is 2.66. The van der Waals surface area contributed by atoms with Gasteiger partial charge in [-0.25, -0.2) is 8.42 Å². The largest absolute Gasteiger partial charge is 0.450 e. The third-order valence-corrected chi connectivity index (χ3v) is 5.24. The molecule has 5 nitrogen and oxygen atoms in total. The summed E-state index contributed by atoms with van der Waals surface area (Å²) >= 11 is 2.83. The number of sulfonamides is 1. The molecule has 10 heteroatoms. The van der Waals surface area contributed by atoms with E-state index in [-0.39, 0.29) is 10.4 Å². The van der Waals surface area contributed by atoms with Gasteiger partial charge in [0, 0.05) is 12.1 Å². The number of halogens is 4. The van der Waals surface area contributed by atoms with Crippen LogP contribution in [0.5, 0.6) is 0 Å². The summed E-state index contributed by atoms with van der Waals surface area (Å²) in [5.74, 6) is -0.0637. The van der Waals surface area contributed by atoms with Crippen molar-refractivity contribution in [2.24, 2.45) is 0 Å². The molecule has 0 aliphatic heterocycles. The molecule has 0 atom stereocenters. The van der Waals surface area contributed by atoms with E-state index in [0.717, 1.165) is 6.07 Å². The second-order valence-electron chi connectivity index (χ2n) is 4.27. The molecule has 0 aliphatic rings. The van der Waals surface area contributed by atoms with Gasteiger partial charge in [0.05, 0.1) is 0 Å². The molecule has 1 aromatic rings. The predicted octanol–water partition coefficient (Wildman–Crippen LogP) is 2.50. The predicted molar refractivity (Wildman–Crippen MR) is 67.4 cm³/mol. The number of rotatable bonds is 5. The molecule has 0 radical (unpaired) electrons. The van der Waals surface area contributed by atoms with Crippen molar-refractivity contribution in [1.29, 1.82) is 0 Å². The second kappa shape index (κ2) is 6.04. The molecule has 0 saturated carbocycles. The highest BCUT2D eigenvalue weighted by atomic mass is 79.9. The van der Waals surface area contributed by atoms with E-state index in [0.29, 0.717) is 4.31 Å². The SMILES string of the molecule is CC(C)N(CC(F)(F)F)S(=O)(=O)c1cc(CO)oc1Br. The third-order valence-electron chi connectivity index (χ3n) is 2.36. The molecule has 0 saturated heterocycles. The van der Waals surface area contributed by atoms with Gasteiger partial charge in [0.15, 0.2) is 4.67 Å². The molecule has 0 fully saturated rings. The summed E-state index contributed by atoms with van der Waals surface area (Å²) in [5, 5.41) is 8.87. The molecule has 1 N–H and O–H groups in total. The average molecular weight is 380 g/mol. The fourth-order valence-electron chi connectivity index (χ4n) is 1.50. The first-order chi connectivity index (χ1) is 8.99. The Bertz CT molecular complexity index is 568. The maximum absolute atomic E-state index is 12.5. The van der Waals surface area contributed by atoms with E-state index in [1.165, 1.54) is 13.8 Å². The number of hydrogen-bond acceptors (Lipinski definition) is 4. The smallest absolute Gasteiger partial charge is 0.402 e. The molecule has 0 amide bonds. The first-order valence-corrected chi connectivity index (χ1v) is 7.70. The highest BCUT2D eigenvalue weighted by Crippen LogP contribution is 2.31. The van der Waals surface area contributed by atoms with E-state index >= 15 is 0 Å². The van der Waals surface area contributed by atoms with Gasteiger partial charge in [0.1, 0.15) is 23.8 Å². The summed E-state index contributed by atoms with van der Waals surface area (Å²) in [4.78, 5) is -0.445. The van der Waals surface area contributed by atoms with E-state index in [1.54, 1.807) is 0 Å². The van der Waals surface area contributed by atoms with Gasteiger partial charge in [-0.1, -0.05) is 0 Å². The van der Waals surface area contributed by atoms with Gasteiger partial charge >= 0.3 is 6.18 Å². The van der Waals surface area contributed by atoms with Crippen LogP contribution in [-0.2, 0) is 16.6 Å². The first kappa shape index (κ1) is 17.5. The Balaban J connectivity index is 3.26. The molecule has 1 aromatic heterocycles. The van der Waals surface area contributed by atoms with Crippen molar-refractivity contribution in [2.45, 2.75) is 37.6 Å². The maximum Gasteiger partial charge on any atom is 0.402 e. The topological polar surface area (TPSA) is 70.8 Å². The van der Waals surface area contributed by atoms with Crippen LogP contribution in [0.4, 0.5) is 13.2 Å². The Labute approximate surface area is 122 Å². The van der Waals surface area contributed by atoms with Crippen LogP contribution in [-0.4, -0.2) is 36.6 Å². The fourth-order valence-corrected chi connectivity index (χ4v) is 4.08. The summed E-state index contributed by atoms with van der Waals surface area (Å²) in [5.41, 5.74) is 0. The Morgan fingerprint density at radius 2 is 2.00 bits per heavy atom. The highest BCUT2D eigenvalue weighted by Gasteiger charge is 2.40. The summed E-state index contributed by atoms with van der Waals surface area (Å²) in [6, 6.07) is 0.103. The molecule has 0 unspecified atom stereocenters. The molecule has 0 bridgehead atoms. The number of alkyl halides is 3. The number of aliphatic hydroxyl groups excluding tert-OH is 1. The molecule has 0 spiro atoms. The van der Waals surface area contributed by atoms with Crippen LogP contribution in [0, 0.1) is 0 Å². The van der Waals surface area contributed by atoms with E-state index < -0.39 is 40.3 Å². The minimum Gasteiger partial charge on any atom is -0.450 e. The van der Waals surface area contributed by atoms with Gasteiger partial charge < -0.3 is 9.52 Å². The lowest BCUT2D eigenvalue weighted by atomic mass is 10.4. The molecule has 1 rings (SSSR count). The van der Waals surface area contributed by atoms with Crippen LogP contribution in [0.1, 0.15) is 19.6 Å². The molecule has 0 aromatic carbocycles. The Hall–Kier alpha value is -0.580. The zero-order chi connectivity index (χ0) is 15.7. The maximum atomic E-state index is 12.5. The summed E-state index contributed by atoms with van der Waals surface area (Å²) in [6.45, 7) is 0.516. The molecule has 116 valence electrons. The van der Waals surface area contributed by atoms with Gasteiger partial charge in [-0.05, 0) is 29.8 Å². The third kappa shape index (κ3) is 3.96. The van der Waals surface area contributed by atoms with Gasteiger partial charge in [-0.2, -0.15) is 17.5 Å². The zero-order valence-corrected chi connectivity index (χ0v) is 13.0. The first-order valence-electron chi connectivity index (χ1n) is 5.46. The van der Waals surface area contributed by atoms with Crippen LogP contribution >= 0.6 is 15.9 Å². The summed E-state index contributed by atoms with van der Waals surface area (Å²) < 4.78 is 67.0. The van der Waals surface area contributed by atoms with Gasteiger partial charge in [-0.3, -0.25) is 0 Å². The Kier molecular flexibility index (Phi) is 5.28. The second-order valence-corrected chi connectivity index (χ2v) is 6.85. The van der Waals surface area contributed by atoms with E-state index in [9.17, 15) is 21.6 Å². The van der Waals surface area contributed by atoms with Crippen LogP contribution in [0.3, 0.4) is 0 Å². The lowest BCUT2D eigenvalue weighted by molar-refractivity contribution is -0.138. The summed E-state index contributed by atoms with van der Waals surface area (Å²) in [6.07, 6.45) is -4.66. The van der Waals surface area contributed by atoms with E-state index in [2.05, 4.69) is 15.9 Å². The normalized spacial score (nSPS) is 13.4. The Morgan fingerprint density at radius 1 is 1.45 bits per heavy atom. The van der Waals surface area contributed by atoms with Crippen molar-refractivity contribution in [3.63, 3.8) is 0 Å². The van der Waals surface area contributed by atoms with Crippen molar-refractivity contribution >= 4 is 26.0 Å². The van der Waals surface area contributed by atoms with E-state index in [4.69, 9.17) is 9.52 Å². The van der Waals surface area contributed by atoms with Crippen LogP contribution in [0.15, 0.2) is 20.0 Å². The number of hydrogen-bond donors (Lipinski definition) is 1. The molecular weight excluding hydrogens is 367 g/mol. The Morgan fingerprint density at radius 3 is 2.35 bits per heavy atom. The van der Waals surface area contributed by atoms with Gasteiger partial charge in [-0.15, -0.1) is 0 Å². The fraction of sp³-hybridized carbons (Fsp3) is 0.600. The van der Waals surface area contributed by atoms with E-state index in [1.807, 2.05) is 0 Å². The molecule has 20 heavy (non-hydrogen) atoms. The number of furan rings is 1. The van der Waals surface area contributed by atoms with Crippen LogP contribution in [0.25, 0.3) is 0 Å². The van der Waals surface area contributed by atoms with Gasteiger partial charge in [0.25, 0.3) is 0 Å². The molecule has 1 heterocycles. The number of aliphatic hydroxyl groups is 1. The van der Waals surface area contributed by atoms with Crippen molar-refractivity contribution in [1.82, 2.24) is 4.31 Å². The van der Waals surface area contributed by atoms with Crippen molar-refractivity contribution in [2.75, 3.05) is 6.54 Å². The minimum absolute atomic E-state index is 0.0637. The van der Waals surface area contributed by atoms with Gasteiger partial charge in [0.2, 0.25) is 10.0 Å². The number of nitrogens with zero attached hydrogens (tertiary/aromatic N) is 1. The quantitative estimate of drug-likeness (QED) is 0.852. The van der Waals surface area contributed by atoms with Crippen LogP contribution in [0.2, 0.25) is 0 Å². The van der Waals surface area contributed by atoms with Crippen molar-refractivity contribution in [3.8, 4) is 0 Å². The standard InChI is InChI=1S/C10H13BrF3NO4S/c1-6(2)15(5-10(12,13)14)20(17,18)8-3-7(4-16)19-9(8)11/h3,6,16H,4-5H2,1-2H3. The van der Waals surface area contributed by atoms with Crippen molar-refractivity contribution in [3.05, 3.63) is 16.5 Å². The molecule has 0 aliphatic carbocycles. The lowest BCUT2D eigenvalue weighted by Gasteiger charge is -2.26. The van der Waals surface area contributed by atoms with Crippen molar-refractivity contribution < 1.29 is 31.1 Å². The monoisotopic (exact) mass is 379 g/mol. The molecular formula is C10H13BrF3NO4S. The minimum atomic E-state index is -4.66. The lowest BCUT2D eigenvalue weighted by Crippen LogP contribution is -2.43.